The number of allylic oxidation sites excluding steroid dienone is 1. The maximum Gasteiger partial charge on any atom is 0.342 e. The third-order valence-corrected chi connectivity index (χ3v) is 5.73. The Morgan fingerprint density at radius 3 is 2.54 bits per heavy atom. The average Bonchev–Trinajstić information content (AvgIpc) is 3.24. The number of hydrazone groups is 1. The van der Waals surface area contributed by atoms with Gasteiger partial charge in [-0.05, 0) is 42.8 Å². The molecule has 1 aliphatic heterocycles. The number of aromatic nitrogens is 2. The predicted octanol–water partition coefficient (Wildman–Crippen LogP) is 4.49. The van der Waals surface area contributed by atoms with Crippen LogP contribution in [0, 0.1) is 0 Å². The van der Waals surface area contributed by atoms with Crippen molar-refractivity contribution in [2.75, 3.05) is 26.1 Å². The van der Waals surface area contributed by atoms with E-state index in [1.54, 1.807) is 20.4 Å². The van der Waals surface area contributed by atoms with Crippen LogP contribution in [-0.4, -0.2) is 47.5 Å². The number of ether oxygens (including phenoxy) is 2. The molecule has 9 heteroatoms. The highest BCUT2D eigenvalue weighted by molar-refractivity contribution is 6.16. The van der Waals surface area contributed by atoms with Crippen LogP contribution in [-0.2, 0) is 7.05 Å². The van der Waals surface area contributed by atoms with Gasteiger partial charge < -0.3 is 24.3 Å². The molecular weight excluding hydrogens is 444 g/mol. The van der Waals surface area contributed by atoms with Gasteiger partial charge in [-0.2, -0.15) is 10.1 Å². The summed E-state index contributed by atoms with van der Waals surface area (Å²) >= 11 is 0. The summed E-state index contributed by atoms with van der Waals surface area (Å²) in [5.41, 5.74) is 4.70. The van der Waals surface area contributed by atoms with Crippen molar-refractivity contribution < 1.29 is 14.3 Å². The molecule has 2 aromatic carbocycles. The van der Waals surface area contributed by atoms with E-state index in [-0.39, 0.29) is 6.03 Å². The number of carbonyl (C=O) groups is 1. The number of nitrogens with zero attached hydrogens (tertiary/aromatic N) is 5. The first-order valence-electron chi connectivity index (χ1n) is 11.0. The molecule has 9 nitrogen and oxygen atoms in total. The molecule has 2 heterocycles. The number of methoxy groups -OCH3 is 1. The Morgan fingerprint density at radius 1 is 1.20 bits per heavy atom. The average molecular weight is 473 g/mol. The maximum atomic E-state index is 12.6. The normalized spacial score (nSPS) is 12.7. The summed E-state index contributed by atoms with van der Waals surface area (Å²) in [4.78, 5) is 19.1. The van der Waals surface area contributed by atoms with Crippen molar-refractivity contribution in [1.29, 1.82) is 0 Å². The van der Waals surface area contributed by atoms with Crippen LogP contribution in [0.4, 0.5) is 16.4 Å². The van der Waals surface area contributed by atoms with E-state index in [0.29, 0.717) is 22.9 Å². The zero-order valence-corrected chi connectivity index (χ0v) is 20.4. The van der Waals surface area contributed by atoms with Crippen molar-refractivity contribution in [1.82, 2.24) is 19.9 Å². The lowest BCUT2D eigenvalue weighted by molar-refractivity contribution is 0.215. The Balaban J connectivity index is 1.84. The van der Waals surface area contributed by atoms with Crippen LogP contribution < -0.4 is 19.7 Å². The van der Waals surface area contributed by atoms with Gasteiger partial charge in [-0.15, -0.1) is 0 Å². The van der Waals surface area contributed by atoms with Crippen molar-refractivity contribution in [2.45, 2.75) is 6.92 Å². The minimum absolute atomic E-state index is 0.343. The topological polar surface area (TPSA) is 84.2 Å². The highest BCUT2D eigenvalue weighted by Crippen LogP contribution is 2.35. The number of amides is 2. The third kappa shape index (κ3) is 4.48. The maximum absolute atomic E-state index is 12.6. The Bertz CT molecular complexity index is 1320. The quantitative estimate of drug-likeness (QED) is 0.535. The van der Waals surface area contributed by atoms with Crippen molar-refractivity contribution in [3.05, 3.63) is 84.0 Å². The van der Waals surface area contributed by atoms with Gasteiger partial charge in [0.25, 0.3) is 0 Å². The van der Waals surface area contributed by atoms with Gasteiger partial charge in [-0.1, -0.05) is 18.7 Å². The van der Waals surface area contributed by atoms with Crippen molar-refractivity contribution >= 4 is 29.5 Å². The molecular formula is C26H28N6O3. The number of aryl methyl sites for hydroxylation is 1. The van der Waals surface area contributed by atoms with Crippen molar-refractivity contribution in [3.8, 4) is 11.5 Å². The summed E-state index contributed by atoms with van der Waals surface area (Å²) in [7, 11) is 7.06. The summed E-state index contributed by atoms with van der Waals surface area (Å²) in [5.74, 6) is 1.87. The lowest BCUT2D eigenvalue weighted by atomic mass is 9.96. The number of fused-ring (bicyclic) bond motifs is 1. The molecule has 4 rings (SSSR count). The first kappa shape index (κ1) is 23.6. The van der Waals surface area contributed by atoms with Crippen LogP contribution in [0.5, 0.6) is 11.5 Å². The van der Waals surface area contributed by atoms with E-state index >= 15 is 0 Å². The fraction of sp³-hybridized carbons (Fsp3) is 0.192. The van der Waals surface area contributed by atoms with E-state index in [0.717, 1.165) is 28.3 Å². The summed E-state index contributed by atoms with van der Waals surface area (Å²) in [6.45, 7) is 5.47. The lowest BCUT2D eigenvalue weighted by Gasteiger charge is -2.20. The lowest BCUT2D eigenvalue weighted by Crippen LogP contribution is -2.33. The molecule has 180 valence electrons. The number of imidazole rings is 1. The number of urea groups is 1. The van der Waals surface area contributed by atoms with E-state index in [9.17, 15) is 4.79 Å². The summed E-state index contributed by atoms with van der Waals surface area (Å²) in [5, 5.41) is 8.75. The van der Waals surface area contributed by atoms with Crippen molar-refractivity contribution in [2.24, 2.45) is 12.1 Å². The minimum atomic E-state index is -0.343. The SMILES string of the molecule is C=COc1cc2c(cc1OC)C(c1ccc(N(C)c3nccn3C)cc1)=NN(C(=O)NC)C(C)=C2. The smallest absolute Gasteiger partial charge is 0.342 e. The monoisotopic (exact) mass is 472 g/mol. The van der Waals surface area contributed by atoms with E-state index in [1.807, 2.05) is 79.2 Å². The third-order valence-electron chi connectivity index (χ3n) is 5.73. The van der Waals surface area contributed by atoms with Gasteiger partial charge in [0.1, 0.15) is 0 Å². The van der Waals surface area contributed by atoms with Gasteiger partial charge >= 0.3 is 6.03 Å². The number of benzene rings is 2. The molecule has 0 spiro atoms. The number of carbonyl (C=O) groups excluding carboxylic acids is 1. The Hall–Kier alpha value is -4.53. The van der Waals surface area contributed by atoms with Gasteiger partial charge in [-0.25, -0.2) is 9.78 Å². The largest absolute Gasteiger partial charge is 0.493 e. The van der Waals surface area contributed by atoms with Crippen LogP contribution in [0.25, 0.3) is 6.08 Å². The minimum Gasteiger partial charge on any atom is -0.493 e. The van der Waals surface area contributed by atoms with Crippen LogP contribution in [0.1, 0.15) is 23.6 Å². The Kier molecular flexibility index (Phi) is 6.59. The number of hydrogen-bond donors (Lipinski definition) is 1. The number of hydrogen-bond acceptors (Lipinski definition) is 6. The second kappa shape index (κ2) is 9.76. The fourth-order valence-electron chi connectivity index (χ4n) is 3.92. The number of nitrogens with one attached hydrogen (secondary N) is 1. The Morgan fingerprint density at radius 2 is 1.94 bits per heavy atom. The molecule has 0 saturated heterocycles. The van der Waals surface area contributed by atoms with Crippen LogP contribution in [0.3, 0.4) is 0 Å². The molecule has 0 saturated carbocycles. The molecule has 0 bridgehead atoms. The molecule has 0 radical (unpaired) electrons. The first-order chi connectivity index (χ1) is 16.9. The van der Waals surface area contributed by atoms with E-state index in [1.165, 1.54) is 11.3 Å². The van der Waals surface area contributed by atoms with Gasteiger partial charge in [0, 0.05) is 56.0 Å². The predicted molar refractivity (Wildman–Crippen MR) is 137 cm³/mol. The molecule has 0 aliphatic carbocycles. The molecule has 1 aromatic heterocycles. The summed E-state index contributed by atoms with van der Waals surface area (Å²) < 4.78 is 13.1. The van der Waals surface area contributed by atoms with Gasteiger partial charge in [-0.3, -0.25) is 0 Å². The molecule has 1 aliphatic rings. The van der Waals surface area contributed by atoms with Crippen molar-refractivity contribution in [3.63, 3.8) is 0 Å². The molecule has 35 heavy (non-hydrogen) atoms. The molecule has 0 atom stereocenters. The van der Waals surface area contributed by atoms with E-state index in [4.69, 9.17) is 14.6 Å². The second-order valence-electron chi connectivity index (χ2n) is 7.92. The standard InChI is InChI=1S/C26H28N6O3/c1-7-35-23-15-19-14-17(2)32(26(33)27-3)29-24(21(19)16-22(23)34-6)18-8-10-20(11-9-18)31(5)25-28-12-13-30(25)4/h7-16H,1H2,2-6H3,(H,27,33). The van der Waals surface area contributed by atoms with Gasteiger partial charge in [0.05, 0.1) is 19.1 Å². The van der Waals surface area contributed by atoms with E-state index in [2.05, 4.69) is 16.9 Å². The zero-order valence-electron chi connectivity index (χ0n) is 20.4. The van der Waals surface area contributed by atoms with Gasteiger partial charge in [0.15, 0.2) is 11.5 Å². The highest BCUT2D eigenvalue weighted by atomic mass is 16.5. The molecule has 0 fully saturated rings. The van der Waals surface area contributed by atoms with Gasteiger partial charge in [0.2, 0.25) is 5.95 Å². The zero-order chi connectivity index (χ0) is 25.1. The molecule has 0 unspecified atom stereocenters. The Labute approximate surface area is 204 Å². The van der Waals surface area contributed by atoms with Crippen LogP contribution in [0.2, 0.25) is 0 Å². The number of anilines is 2. The molecule has 3 aromatic rings. The number of rotatable bonds is 6. The second-order valence-corrected chi connectivity index (χ2v) is 7.92. The highest BCUT2D eigenvalue weighted by Gasteiger charge is 2.24. The van der Waals surface area contributed by atoms with Crippen LogP contribution >= 0.6 is 0 Å². The van der Waals surface area contributed by atoms with Crippen LogP contribution in [0.15, 0.2) is 72.4 Å². The molecule has 1 N–H and O–H groups in total. The first-order valence-corrected chi connectivity index (χ1v) is 11.0. The fourth-order valence-corrected chi connectivity index (χ4v) is 3.92. The summed E-state index contributed by atoms with van der Waals surface area (Å²) in [6.07, 6.45) is 6.90. The molecule has 2 amide bonds. The summed E-state index contributed by atoms with van der Waals surface area (Å²) in [6, 6.07) is 11.3. The van der Waals surface area contributed by atoms with E-state index < -0.39 is 0 Å².